The van der Waals surface area contributed by atoms with Crippen LogP contribution in [0.25, 0.3) is 0 Å². The molecule has 0 saturated carbocycles. The number of methoxy groups -OCH3 is 3. The topological polar surface area (TPSA) is 73.9 Å². The first-order chi connectivity index (χ1) is 15.9. The van der Waals surface area contributed by atoms with E-state index in [0.29, 0.717) is 46.2 Å². The first-order valence-electron chi connectivity index (χ1n) is 10.7. The normalized spacial score (nSPS) is 20.2. The Morgan fingerprint density at radius 3 is 2.42 bits per heavy atom. The van der Waals surface area contributed by atoms with E-state index in [-0.39, 0.29) is 11.7 Å². The Kier molecular flexibility index (Phi) is 6.47. The van der Waals surface area contributed by atoms with E-state index in [9.17, 15) is 9.59 Å². The van der Waals surface area contributed by atoms with E-state index in [1.807, 2.05) is 43.3 Å². The van der Waals surface area contributed by atoms with Crippen LogP contribution in [-0.4, -0.2) is 33.1 Å². The van der Waals surface area contributed by atoms with Gasteiger partial charge in [0.2, 0.25) is 0 Å². The maximum atomic E-state index is 13.6. The molecule has 2 aromatic carbocycles. The van der Waals surface area contributed by atoms with Gasteiger partial charge in [0.25, 0.3) is 0 Å². The summed E-state index contributed by atoms with van der Waals surface area (Å²) in [6, 6.07) is 13.0. The number of hydrogen-bond donors (Lipinski definition) is 1. The number of benzene rings is 2. The lowest BCUT2D eigenvalue weighted by atomic mass is 9.71. The fourth-order valence-electron chi connectivity index (χ4n) is 4.81. The van der Waals surface area contributed by atoms with Crippen molar-refractivity contribution in [1.29, 1.82) is 0 Å². The average Bonchev–Trinajstić information content (AvgIpc) is 2.82. The Balaban J connectivity index is 1.84. The van der Waals surface area contributed by atoms with E-state index in [2.05, 4.69) is 5.32 Å². The molecular formula is C26H26ClNO5. The van der Waals surface area contributed by atoms with Gasteiger partial charge in [-0.25, -0.2) is 4.79 Å². The van der Waals surface area contributed by atoms with Crippen molar-refractivity contribution in [1.82, 2.24) is 5.32 Å². The summed E-state index contributed by atoms with van der Waals surface area (Å²) < 4.78 is 15.9. The summed E-state index contributed by atoms with van der Waals surface area (Å²) in [6.45, 7) is 1.83. The molecule has 0 unspecified atom stereocenters. The zero-order valence-corrected chi connectivity index (χ0v) is 19.8. The molecule has 1 aliphatic heterocycles. The summed E-state index contributed by atoms with van der Waals surface area (Å²) in [5, 5.41) is 3.97. The van der Waals surface area contributed by atoms with Crippen molar-refractivity contribution in [3.8, 4) is 11.5 Å². The van der Waals surface area contributed by atoms with Crippen LogP contribution in [0.1, 0.15) is 42.7 Å². The van der Waals surface area contributed by atoms with Crippen molar-refractivity contribution >= 4 is 23.4 Å². The monoisotopic (exact) mass is 467 g/mol. The lowest BCUT2D eigenvalue weighted by Gasteiger charge is -2.36. The van der Waals surface area contributed by atoms with Gasteiger partial charge in [-0.2, -0.15) is 0 Å². The summed E-state index contributed by atoms with van der Waals surface area (Å²) in [5.41, 5.74) is 4.16. The van der Waals surface area contributed by atoms with E-state index >= 15 is 0 Å². The van der Waals surface area contributed by atoms with E-state index in [4.69, 9.17) is 25.8 Å². The van der Waals surface area contributed by atoms with Gasteiger partial charge < -0.3 is 19.5 Å². The molecule has 0 fully saturated rings. The van der Waals surface area contributed by atoms with Crippen LogP contribution in [0.4, 0.5) is 0 Å². The maximum Gasteiger partial charge on any atom is 0.336 e. The van der Waals surface area contributed by atoms with E-state index in [0.717, 1.165) is 16.8 Å². The second-order valence-electron chi connectivity index (χ2n) is 8.14. The Morgan fingerprint density at radius 1 is 1.03 bits per heavy atom. The number of ketones is 1. The number of esters is 1. The average molecular weight is 468 g/mol. The SMILES string of the molecule is COC(=O)C1=C(C)NC2=C(C(=O)C[C@H](c3ccccc3Cl)C2)[C@H]1c1ccc(OC)c(OC)c1. The molecule has 0 bridgehead atoms. The van der Waals surface area contributed by atoms with Crippen LogP contribution >= 0.6 is 11.6 Å². The van der Waals surface area contributed by atoms with Gasteiger partial charge in [0, 0.05) is 34.3 Å². The van der Waals surface area contributed by atoms with Crippen LogP contribution in [-0.2, 0) is 14.3 Å². The zero-order valence-electron chi connectivity index (χ0n) is 19.0. The van der Waals surface area contributed by atoms with Crippen LogP contribution in [0.2, 0.25) is 5.02 Å². The number of rotatable bonds is 5. The van der Waals surface area contributed by atoms with Gasteiger partial charge in [0.05, 0.1) is 26.9 Å². The fourth-order valence-corrected chi connectivity index (χ4v) is 5.10. The van der Waals surface area contributed by atoms with Crippen molar-refractivity contribution < 1.29 is 23.8 Å². The molecule has 7 heteroatoms. The Morgan fingerprint density at radius 2 is 1.76 bits per heavy atom. The summed E-state index contributed by atoms with van der Waals surface area (Å²) in [7, 11) is 4.46. The van der Waals surface area contributed by atoms with Gasteiger partial charge in [-0.3, -0.25) is 4.79 Å². The Hall–Kier alpha value is -3.25. The summed E-state index contributed by atoms with van der Waals surface area (Å²) >= 11 is 6.44. The van der Waals surface area contributed by atoms with Gasteiger partial charge in [0.15, 0.2) is 17.3 Å². The summed E-state index contributed by atoms with van der Waals surface area (Å²) in [6.07, 6.45) is 0.919. The van der Waals surface area contributed by atoms with Crippen LogP contribution in [0.5, 0.6) is 11.5 Å². The molecule has 1 aliphatic carbocycles. The van der Waals surface area contributed by atoms with Crippen molar-refractivity contribution in [2.45, 2.75) is 31.6 Å². The molecule has 0 spiro atoms. The first-order valence-corrected chi connectivity index (χ1v) is 11.1. The highest BCUT2D eigenvalue weighted by molar-refractivity contribution is 6.31. The lowest BCUT2D eigenvalue weighted by molar-refractivity contribution is -0.136. The smallest absolute Gasteiger partial charge is 0.336 e. The number of carbonyl (C=O) groups is 2. The maximum absolute atomic E-state index is 13.6. The van der Waals surface area contributed by atoms with Crippen molar-refractivity contribution in [3.63, 3.8) is 0 Å². The zero-order chi connectivity index (χ0) is 23.7. The largest absolute Gasteiger partial charge is 0.493 e. The minimum absolute atomic E-state index is 0.0256. The molecule has 4 rings (SSSR count). The number of carbonyl (C=O) groups excluding carboxylic acids is 2. The molecule has 1 heterocycles. The number of dihydropyridines is 1. The molecule has 2 aliphatic rings. The molecule has 2 aromatic rings. The third-order valence-electron chi connectivity index (χ3n) is 6.32. The van der Waals surface area contributed by atoms with Gasteiger partial charge >= 0.3 is 5.97 Å². The van der Waals surface area contributed by atoms with E-state index < -0.39 is 11.9 Å². The van der Waals surface area contributed by atoms with Gasteiger partial charge in [0.1, 0.15) is 0 Å². The van der Waals surface area contributed by atoms with Crippen molar-refractivity contribution in [2.24, 2.45) is 0 Å². The molecule has 1 N–H and O–H groups in total. The predicted octanol–water partition coefficient (Wildman–Crippen LogP) is 4.89. The minimum atomic E-state index is -0.576. The predicted molar refractivity (Wildman–Crippen MR) is 126 cm³/mol. The third-order valence-corrected chi connectivity index (χ3v) is 6.66. The highest BCUT2D eigenvalue weighted by Crippen LogP contribution is 2.47. The molecule has 0 aromatic heterocycles. The minimum Gasteiger partial charge on any atom is -0.493 e. The van der Waals surface area contributed by atoms with Gasteiger partial charge in [-0.15, -0.1) is 0 Å². The molecule has 33 heavy (non-hydrogen) atoms. The van der Waals surface area contributed by atoms with Crippen LogP contribution in [0, 0.1) is 0 Å². The van der Waals surface area contributed by atoms with Crippen LogP contribution < -0.4 is 14.8 Å². The van der Waals surface area contributed by atoms with Gasteiger partial charge in [-0.1, -0.05) is 35.9 Å². The molecule has 2 atom stereocenters. The molecule has 172 valence electrons. The third kappa shape index (κ3) is 4.11. The molecule has 0 saturated heterocycles. The first kappa shape index (κ1) is 22.9. The molecular weight excluding hydrogens is 442 g/mol. The number of allylic oxidation sites excluding steroid dienone is 3. The van der Waals surface area contributed by atoms with Crippen molar-refractivity contribution in [2.75, 3.05) is 21.3 Å². The highest BCUT2D eigenvalue weighted by Gasteiger charge is 2.41. The highest BCUT2D eigenvalue weighted by atomic mass is 35.5. The van der Waals surface area contributed by atoms with Crippen LogP contribution in [0.3, 0.4) is 0 Å². The number of hydrogen-bond acceptors (Lipinski definition) is 6. The number of nitrogens with one attached hydrogen (secondary N) is 1. The second-order valence-corrected chi connectivity index (χ2v) is 8.55. The second kappa shape index (κ2) is 9.32. The Bertz CT molecular complexity index is 1180. The number of Topliss-reactive ketones (excluding diaryl/α,β-unsaturated/α-hetero) is 1. The number of halogens is 1. The summed E-state index contributed by atoms with van der Waals surface area (Å²) in [4.78, 5) is 26.4. The molecule has 0 amide bonds. The van der Waals surface area contributed by atoms with Crippen LogP contribution in [0.15, 0.2) is 65.0 Å². The van der Waals surface area contributed by atoms with E-state index in [1.54, 1.807) is 20.3 Å². The number of ether oxygens (including phenoxy) is 3. The summed E-state index contributed by atoms with van der Waals surface area (Å²) in [5.74, 6) is -0.0351. The van der Waals surface area contributed by atoms with E-state index in [1.165, 1.54) is 7.11 Å². The molecule has 6 nitrogen and oxygen atoms in total. The van der Waals surface area contributed by atoms with Gasteiger partial charge in [-0.05, 0) is 48.6 Å². The quantitative estimate of drug-likeness (QED) is 0.631. The van der Waals surface area contributed by atoms with Crippen molar-refractivity contribution in [3.05, 3.63) is 81.2 Å². The fraction of sp³-hybridized carbons (Fsp3) is 0.308. The molecule has 0 radical (unpaired) electrons. The standard InChI is InChI=1S/C26H26ClNO5/c1-14-23(26(30)33-4)24(15-9-10-21(31-2)22(13-15)32-3)25-19(28-14)11-16(12-20(25)29)17-7-5-6-8-18(17)27/h5-10,13,16,24,28H,11-12H2,1-4H3/t16-,24+/m1/s1. The lowest BCUT2D eigenvalue weighted by Crippen LogP contribution is -2.36. The Labute approximate surface area is 198 Å².